The summed E-state index contributed by atoms with van der Waals surface area (Å²) < 4.78 is 10.3. The fraction of sp³-hybridized carbons (Fsp3) is 0.433. The third-order valence-electron chi connectivity index (χ3n) is 7.38. The van der Waals surface area contributed by atoms with E-state index in [9.17, 15) is 9.59 Å². The molecule has 1 atom stereocenters. The summed E-state index contributed by atoms with van der Waals surface area (Å²) in [6.07, 6.45) is 1.60. The predicted octanol–water partition coefficient (Wildman–Crippen LogP) is 3.67. The van der Waals surface area contributed by atoms with Gasteiger partial charge < -0.3 is 15.0 Å². The largest absolute Gasteiger partial charge is 0.399 e. The molecule has 208 valence electrons. The number of hydrogen-bond donors (Lipinski definition) is 1. The lowest BCUT2D eigenvalue weighted by molar-refractivity contribution is 0.172. The van der Waals surface area contributed by atoms with Crippen molar-refractivity contribution in [2.75, 3.05) is 32.5 Å². The molecule has 4 aromatic rings. The van der Waals surface area contributed by atoms with Crippen molar-refractivity contribution in [1.29, 1.82) is 0 Å². The van der Waals surface area contributed by atoms with Crippen molar-refractivity contribution >= 4 is 16.9 Å². The van der Waals surface area contributed by atoms with Gasteiger partial charge in [-0.1, -0.05) is 56.3 Å². The zero-order chi connectivity index (χ0) is 27.9. The number of rotatable bonds is 13. The molecule has 2 heterocycles. The Morgan fingerprint density at radius 3 is 2.28 bits per heavy atom. The number of nitrogen functional groups attached to an aromatic ring is 1. The van der Waals surface area contributed by atoms with E-state index in [-0.39, 0.29) is 24.0 Å². The van der Waals surface area contributed by atoms with E-state index >= 15 is 0 Å². The second-order valence-electron chi connectivity index (χ2n) is 9.81. The third-order valence-corrected chi connectivity index (χ3v) is 7.38. The third kappa shape index (κ3) is 6.15. The number of nitrogens with zero attached hydrogens (tertiary/aromatic N) is 5. The number of aryl methyl sites for hydroxylation is 2. The summed E-state index contributed by atoms with van der Waals surface area (Å²) in [7, 11) is 1.62. The van der Waals surface area contributed by atoms with Gasteiger partial charge in [0.25, 0.3) is 5.56 Å². The van der Waals surface area contributed by atoms with E-state index in [2.05, 4.69) is 37.8 Å². The number of imidazole rings is 1. The molecule has 4 rings (SSSR count). The Morgan fingerprint density at radius 2 is 1.64 bits per heavy atom. The van der Waals surface area contributed by atoms with Crippen LogP contribution in [0.25, 0.3) is 11.2 Å². The highest BCUT2D eigenvalue weighted by atomic mass is 16.5. The number of anilines is 1. The average Bonchev–Trinajstić information content (AvgIpc) is 3.31. The van der Waals surface area contributed by atoms with Gasteiger partial charge in [-0.2, -0.15) is 0 Å². The molecule has 0 fully saturated rings. The van der Waals surface area contributed by atoms with Crippen LogP contribution < -0.4 is 17.0 Å². The standard InChI is InChI=1S/C30H40N6O3/c1-5-33(6-2)22(3)36-26(21-24-11-8-7-9-12-24)32-28-27(36)29(37)35(18-10-20-39-4)30(38)34(28)19-17-23-13-15-25(31)16-14-23/h7-9,11-16,22H,5-6,10,17-21,31H2,1-4H3. The van der Waals surface area contributed by atoms with Crippen LogP contribution in [0.3, 0.4) is 0 Å². The lowest BCUT2D eigenvalue weighted by Crippen LogP contribution is -2.42. The molecule has 0 bridgehead atoms. The van der Waals surface area contributed by atoms with Gasteiger partial charge in [0.15, 0.2) is 11.2 Å². The summed E-state index contributed by atoms with van der Waals surface area (Å²) in [5.74, 6) is 0.767. The molecule has 0 aliphatic rings. The van der Waals surface area contributed by atoms with Crippen LogP contribution in [-0.2, 0) is 30.7 Å². The smallest absolute Gasteiger partial charge is 0.332 e. The Labute approximate surface area is 229 Å². The zero-order valence-corrected chi connectivity index (χ0v) is 23.5. The van der Waals surface area contributed by atoms with Crippen molar-refractivity contribution < 1.29 is 4.74 Å². The summed E-state index contributed by atoms with van der Waals surface area (Å²) in [4.78, 5) is 35.1. The van der Waals surface area contributed by atoms with Gasteiger partial charge in [0.1, 0.15) is 5.82 Å². The van der Waals surface area contributed by atoms with E-state index in [1.54, 1.807) is 11.7 Å². The molecule has 0 amide bonds. The molecule has 0 saturated carbocycles. The van der Waals surface area contributed by atoms with Crippen LogP contribution >= 0.6 is 0 Å². The fourth-order valence-corrected chi connectivity index (χ4v) is 5.22. The molecule has 1 unspecified atom stereocenters. The second kappa shape index (κ2) is 12.9. The molecule has 39 heavy (non-hydrogen) atoms. The number of nitrogens with two attached hydrogens (primary N) is 1. The van der Waals surface area contributed by atoms with Crippen molar-refractivity contribution in [2.45, 2.75) is 59.3 Å². The molecule has 2 aromatic heterocycles. The van der Waals surface area contributed by atoms with Gasteiger partial charge in [-0.25, -0.2) is 9.78 Å². The number of benzene rings is 2. The van der Waals surface area contributed by atoms with Crippen LogP contribution in [0.4, 0.5) is 5.69 Å². The molecule has 0 saturated heterocycles. The van der Waals surface area contributed by atoms with E-state index in [4.69, 9.17) is 15.5 Å². The molecule has 0 aliphatic carbocycles. The molecular formula is C30H40N6O3. The first-order chi connectivity index (χ1) is 18.9. The topological polar surface area (TPSA) is 100 Å². The Kier molecular flexibility index (Phi) is 9.37. The van der Waals surface area contributed by atoms with Crippen LogP contribution in [0.15, 0.2) is 64.2 Å². The van der Waals surface area contributed by atoms with Gasteiger partial charge in [-0.15, -0.1) is 0 Å². The molecule has 2 aromatic carbocycles. The molecule has 9 nitrogen and oxygen atoms in total. The van der Waals surface area contributed by atoms with E-state index in [1.807, 2.05) is 47.0 Å². The maximum Gasteiger partial charge on any atom is 0.332 e. The van der Waals surface area contributed by atoms with E-state index in [0.29, 0.717) is 49.3 Å². The fourth-order valence-electron chi connectivity index (χ4n) is 5.22. The van der Waals surface area contributed by atoms with Crippen molar-refractivity contribution in [3.05, 3.63) is 92.4 Å². The monoisotopic (exact) mass is 532 g/mol. The Balaban J connectivity index is 1.93. The summed E-state index contributed by atoms with van der Waals surface area (Å²) >= 11 is 0. The molecule has 0 spiro atoms. The normalized spacial score (nSPS) is 12.4. The summed E-state index contributed by atoms with van der Waals surface area (Å²) in [5, 5.41) is 0. The highest BCUT2D eigenvalue weighted by molar-refractivity contribution is 5.71. The Hall–Kier alpha value is -3.69. The lowest BCUT2D eigenvalue weighted by atomic mass is 10.1. The van der Waals surface area contributed by atoms with E-state index in [1.165, 1.54) is 4.57 Å². The van der Waals surface area contributed by atoms with Gasteiger partial charge in [0, 0.05) is 38.9 Å². The van der Waals surface area contributed by atoms with Gasteiger partial charge in [-0.3, -0.25) is 18.8 Å². The van der Waals surface area contributed by atoms with Gasteiger partial charge in [0.05, 0.1) is 6.17 Å². The maximum atomic E-state index is 14.0. The summed E-state index contributed by atoms with van der Waals surface area (Å²) in [6, 6.07) is 17.8. The van der Waals surface area contributed by atoms with Crippen LogP contribution in [0.2, 0.25) is 0 Å². The molecule has 0 aliphatic heterocycles. The number of hydrogen-bond acceptors (Lipinski definition) is 6. The number of aromatic nitrogens is 4. The number of ether oxygens (including phenoxy) is 1. The quantitative estimate of drug-likeness (QED) is 0.208. The van der Waals surface area contributed by atoms with Crippen molar-refractivity contribution in [2.24, 2.45) is 0 Å². The van der Waals surface area contributed by atoms with Crippen molar-refractivity contribution in [3.8, 4) is 0 Å². The molecular weight excluding hydrogens is 492 g/mol. The highest BCUT2D eigenvalue weighted by Crippen LogP contribution is 2.23. The number of methoxy groups -OCH3 is 1. The van der Waals surface area contributed by atoms with E-state index < -0.39 is 0 Å². The van der Waals surface area contributed by atoms with Crippen molar-refractivity contribution in [1.82, 2.24) is 23.6 Å². The zero-order valence-electron chi connectivity index (χ0n) is 23.5. The first-order valence-electron chi connectivity index (χ1n) is 13.7. The number of fused-ring (bicyclic) bond motifs is 1. The first kappa shape index (κ1) is 28.3. The predicted molar refractivity (Wildman–Crippen MR) is 156 cm³/mol. The van der Waals surface area contributed by atoms with Crippen LogP contribution in [0.5, 0.6) is 0 Å². The molecule has 9 heteroatoms. The lowest BCUT2D eigenvalue weighted by Gasteiger charge is -2.29. The Morgan fingerprint density at radius 1 is 0.949 bits per heavy atom. The van der Waals surface area contributed by atoms with Crippen LogP contribution in [0, 0.1) is 0 Å². The maximum absolute atomic E-state index is 14.0. The minimum absolute atomic E-state index is 0.119. The summed E-state index contributed by atoms with van der Waals surface area (Å²) in [5.41, 5.74) is 8.97. The van der Waals surface area contributed by atoms with Gasteiger partial charge >= 0.3 is 5.69 Å². The molecule has 0 radical (unpaired) electrons. The van der Waals surface area contributed by atoms with Gasteiger partial charge in [-0.05, 0) is 56.1 Å². The minimum atomic E-state index is -0.342. The van der Waals surface area contributed by atoms with E-state index in [0.717, 1.165) is 30.0 Å². The summed E-state index contributed by atoms with van der Waals surface area (Å²) in [6.45, 7) is 9.10. The first-order valence-corrected chi connectivity index (χ1v) is 13.7. The van der Waals surface area contributed by atoms with Crippen LogP contribution in [-0.4, -0.2) is 50.4 Å². The second-order valence-corrected chi connectivity index (χ2v) is 9.81. The van der Waals surface area contributed by atoms with Crippen LogP contribution in [0.1, 0.15) is 50.3 Å². The Bertz CT molecular complexity index is 1480. The average molecular weight is 533 g/mol. The minimum Gasteiger partial charge on any atom is -0.399 e. The van der Waals surface area contributed by atoms with Crippen molar-refractivity contribution in [3.63, 3.8) is 0 Å². The van der Waals surface area contributed by atoms with Gasteiger partial charge in [0.2, 0.25) is 0 Å². The SMILES string of the molecule is CCN(CC)C(C)n1c(Cc2ccccc2)nc2c1c(=O)n(CCCOC)c(=O)n2CCc1ccc(N)cc1. The molecule has 2 N–H and O–H groups in total. The highest BCUT2D eigenvalue weighted by Gasteiger charge is 2.26.